The van der Waals surface area contributed by atoms with Gasteiger partial charge in [0, 0.05) is 23.4 Å². The van der Waals surface area contributed by atoms with Gasteiger partial charge in [-0.15, -0.1) is 0 Å². The van der Waals surface area contributed by atoms with Gasteiger partial charge < -0.3 is 15.4 Å². The lowest BCUT2D eigenvalue weighted by Crippen LogP contribution is -2.41. The first-order valence-electron chi connectivity index (χ1n) is 12.4. The highest BCUT2D eigenvalue weighted by molar-refractivity contribution is 7.89. The maximum atomic E-state index is 12.3. The normalized spacial score (nSPS) is 22.1. The molecule has 12 nitrogen and oxygen atoms in total. The number of sulfonamides is 1. The average Bonchev–Trinajstić information content (AvgIpc) is 3.42. The van der Waals surface area contributed by atoms with Gasteiger partial charge in [-0.3, -0.25) is 9.98 Å². The van der Waals surface area contributed by atoms with Crippen LogP contribution in [0.5, 0.6) is 5.88 Å². The summed E-state index contributed by atoms with van der Waals surface area (Å²) in [7, 11) is -3.27. The molecule has 3 aromatic rings. The van der Waals surface area contributed by atoms with E-state index in [9.17, 15) is 18.3 Å². The zero-order chi connectivity index (χ0) is 25.4. The summed E-state index contributed by atoms with van der Waals surface area (Å²) in [5.74, 6) is 0.635. The quantitative estimate of drug-likeness (QED) is 0.288. The number of rotatable bonds is 8. The van der Waals surface area contributed by atoms with Crippen molar-refractivity contribution in [1.29, 1.82) is 0 Å². The minimum absolute atomic E-state index is 0.0464. The van der Waals surface area contributed by atoms with Gasteiger partial charge >= 0.3 is 5.69 Å². The first-order chi connectivity index (χ1) is 17.1. The van der Waals surface area contributed by atoms with Crippen LogP contribution in [-0.2, 0) is 10.0 Å². The molecule has 36 heavy (non-hydrogen) atoms. The van der Waals surface area contributed by atoms with Crippen LogP contribution in [0.2, 0.25) is 0 Å². The molecule has 0 bridgehead atoms. The van der Waals surface area contributed by atoms with Crippen LogP contribution < -0.4 is 26.4 Å². The minimum Gasteiger partial charge on any atom is -0.493 e. The van der Waals surface area contributed by atoms with E-state index in [1.807, 2.05) is 19.9 Å². The van der Waals surface area contributed by atoms with Crippen molar-refractivity contribution in [1.82, 2.24) is 29.3 Å². The number of hydrogen-bond donors (Lipinski definition) is 5. The third-order valence-electron chi connectivity index (χ3n) is 6.36. The Morgan fingerprint density at radius 3 is 2.56 bits per heavy atom. The molecule has 2 fully saturated rings. The van der Waals surface area contributed by atoms with Crippen molar-refractivity contribution in [2.45, 2.75) is 70.5 Å². The number of nitrogens with zero attached hydrogens (tertiary/aromatic N) is 4. The molecule has 5 N–H and O–H groups in total. The molecule has 0 aromatic carbocycles. The van der Waals surface area contributed by atoms with Crippen molar-refractivity contribution < 1.29 is 13.5 Å². The van der Waals surface area contributed by atoms with Crippen molar-refractivity contribution in [2.75, 3.05) is 11.1 Å². The van der Waals surface area contributed by atoms with E-state index in [0.29, 0.717) is 22.2 Å². The zero-order valence-electron chi connectivity index (χ0n) is 20.4. The molecule has 0 unspecified atom stereocenters. The van der Waals surface area contributed by atoms with E-state index < -0.39 is 15.7 Å². The van der Waals surface area contributed by atoms with Crippen LogP contribution in [0.3, 0.4) is 0 Å². The fourth-order valence-corrected chi connectivity index (χ4v) is 6.29. The molecule has 0 saturated heterocycles. The van der Waals surface area contributed by atoms with Crippen LogP contribution in [0.25, 0.3) is 11.7 Å². The Bertz CT molecular complexity index is 1530. The lowest BCUT2D eigenvalue weighted by atomic mass is 9.92. The third kappa shape index (κ3) is 5.78. The molecule has 0 spiro atoms. The summed E-state index contributed by atoms with van der Waals surface area (Å²) < 4.78 is 29.1. The predicted molar refractivity (Wildman–Crippen MR) is 135 cm³/mol. The molecule has 13 heteroatoms. The molecule has 3 heterocycles. The summed E-state index contributed by atoms with van der Waals surface area (Å²) in [5.41, 5.74) is 0.980. The van der Waals surface area contributed by atoms with E-state index in [4.69, 9.17) is 9.98 Å². The Kier molecular flexibility index (Phi) is 6.60. The van der Waals surface area contributed by atoms with Gasteiger partial charge in [0.25, 0.3) is 0 Å². The number of nitrogens with one attached hydrogen (secondary N) is 4. The van der Waals surface area contributed by atoms with Crippen LogP contribution in [0.4, 0.5) is 5.82 Å². The van der Waals surface area contributed by atoms with E-state index in [0.717, 1.165) is 38.5 Å². The van der Waals surface area contributed by atoms with Crippen LogP contribution in [0.15, 0.2) is 22.1 Å². The van der Waals surface area contributed by atoms with Crippen molar-refractivity contribution in [2.24, 2.45) is 10.9 Å². The summed E-state index contributed by atoms with van der Waals surface area (Å²) in [6, 6.07) is 2.27. The lowest BCUT2D eigenvalue weighted by molar-refractivity contribution is 0.386. The molecular formula is C23H32N8O4S. The van der Waals surface area contributed by atoms with E-state index in [1.54, 1.807) is 16.8 Å². The number of hydrogen-bond acceptors (Lipinski definition) is 8. The second kappa shape index (κ2) is 9.69. The first kappa shape index (κ1) is 24.5. The van der Waals surface area contributed by atoms with Crippen LogP contribution in [0, 0.1) is 5.92 Å². The van der Waals surface area contributed by atoms with Gasteiger partial charge in [0.2, 0.25) is 15.9 Å². The van der Waals surface area contributed by atoms with Crippen molar-refractivity contribution in [3.63, 3.8) is 0 Å². The van der Waals surface area contributed by atoms with Gasteiger partial charge in [0.1, 0.15) is 11.5 Å². The maximum absolute atomic E-state index is 12.3. The summed E-state index contributed by atoms with van der Waals surface area (Å²) >= 11 is 0. The van der Waals surface area contributed by atoms with Gasteiger partial charge in [0.05, 0.1) is 18.0 Å². The fraction of sp³-hybridized carbons (Fsp3) is 0.565. The van der Waals surface area contributed by atoms with Crippen molar-refractivity contribution in [3.05, 3.63) is 39.1 Å². The molecule has 194 valence electrons. The highest BCUT2D eigenvalue weighted by Gasteiger charge is 2.26. The number of H-pyrrole nitrogens is 2. The predicted octanol–water partition coefficient (Wildman–Crippen LogP) is 0.361. The molecule has 2 saturated carbocycles. The van der Waals surface area contributed by atoms with Crippen molar-refractivity contribution in [3.8, 4) is 5.88 Å². The molecule has 3 aromatic heterocycles. The third-order valence-corrected chi connectivity index (χ3v) is 8.15. The highest BCUT2D eigenvalue weighted by Crippen LogP contribution is 2.24. The monoisotopic (exact) mass is 516 g/mol. The average molecular weight is 517 g/mol. The maximum Gasteiger partial charge on any atom is 0.326 e. The van der Waals surface area contributed by atoms with Crippen LogP contribution in [-0.4, -0.2) is 62.0 Å². The van der Waals surface area contributed by atoms with E-state index >= 15 is 0 Å². The summed E-state index contributed by atoms with van der Waals surface area (Å²) in [5, 5.41) is 18.5. The van der Waals surface area contributed by atoms with Crippen molar-refractivity contribution >= 4 is 27.6 Å². The number of aromatic amines is 2. The number of fused-ring (bicyclic) bond motifs is 1. The zero-order valence-corrected chi connectivity index (χ0v) is 21.2. The molecule has 0 atom stereocenters. The number of anilines is 1. The molecule has 0 amide bonds. The Balaban J connectivity index is 1.38. The largest absolute Gasteiger partial charge is 0.493 e. The summed E-state index contributed by atoms with van der Waals surface area (Å²) in [6.45, 7) is 3.80. The SMILES string of the molecule is CC(C)CS(=O)(=O)NC1CCC(Nc2cc(=NC3CC3)n3ncc(=Cc4[nH]c(=O)[nH]c4O)c3n2)CC1. The molecule has 2 aliphatic carbocycles. The van der Waals surface area contributed by atoms with E-state index in [-0.39, 0.29) is 41.4 Å². The standard InChI is InChI=1S/C23H32N8O4S/c1-13(2)12-36(34,35)30-17-7-5-15(6-8-17)25-19-10-20(26-16-3-4-16)31-21(28-19)14(11-24-31)9-18-22(32)29-23(33)27-18/h9-11,13,15-17,25,30,32H,3-8,12H2,1-2H3,(H2,27,29,33). The Morgan fingerprint density at radius 2 is 1.92 bits per heavy atom. The summed E-state index contributed by atoms with van der Waals surface area (Å²) in [4.78, 5) is 25.9. The lowest BCUT2D eigenvalue weighted by Gasteiger charge is -2.30. The van der Waals surface area contributed by atoms with Crippen LogP contribution >= 0.6 is 0 Å². The second-order valence-electron chi connectivity index (χ2n) is 10.2. The molecular weight excluding hydrogens is 484 g/mol. The molecule has 0 radical (unpaired) electrons. The first-order valence-corrected chi connectivity index (χ1v) is 14.0. The van der Waals surface area contributed by atoms with Gasteiger partial charge in [-0.2, -0.15) is 9.61 Å². The smallest absolute Gasteiger partial charge is 0.326 e. The highest BCUT2D eigenvalue weighted by atomic mass is 32.2. The fourth-order valence-electron chi connectivity index (χ4n) is 4.58. The van der Waals surface area contributed by atoms with E-state index in [1.165, 1.54) is 0 Å². The van der Waals surface area contributed by atoms with Gasteiger partial charge in [-0.25, -0.2) is 22.9 Å². The van der Waals surface area contributed by atoms with Crippen LogP contribution in [0.1, 0.15) is 58.1 Å². The number of imidazole rings is 1. The van der Waals surface area contributed by atoms with E-state index in [2.05, 4.69) is 25.1 Å². The van der Waals surface area contributed by atoms with Gasteiger partial charge in [-0.05, 0) is 50.5 Å². The molecule has 2 aliphatic rings. The van der Waals surface area contributed by atoms with Gasteiger partial charge in [-0.1, -0.05) is 13.8 Å². The molecule has 5 rings (SSSR count). The Hall–Kier alpha value is -3.19. The topological polar surface area (TPSA) is 170 Å². The summed E-state index contributed by atoms with van der Waals surface area (Å²) in [6.07, 6.45) is 8.45. The number of aromatic hydroxyl groups is 1. The van der Waals surface area contributed by atoms with Gasteiger partial charge in [0.15, 0.2) is 11.1 Å². The Morgan fingerprint density at radius 1 is 1.19 bits per heavy atom. The second-order valence-corrected chi connectivity index (χ2v) is 12.0. The Labute approximate surface area is 208 Å². The molecule has 0 aliphatic heterocycles. The number of aromatic nitrogens is 5. The minimum atomic E-state index is -3.27.